The maximum Gasteiger partial charge on any atom is 0.157 e. The predicted molar refractivity (Wildman–Crippen MR) is 115 cm³/mol. The van der Waals surface area contributed by atoms with E-state index in [0.29, 0.717) is 0 Å². The SMILES string of the molecule is CC(C)(c1ccccc1)c1ccc(OCC=O)c(C(C)(C)c2ccccc2)c1. The lowest BCUT2D eigenvalue weighted by molar-refractivity contribution is -0.109. The van der Waals surface area contributed by atoms with Gasteiger partial charge in [0.2, 0.25) is 0 Å². The van der Waals surface area contributed by atoms with Crippen molar-refractivity contribution in [3.63, 3.8) is 0 Å². The van der Waals surface area contributed by atoms with Crippen molar-refractivity contribution >= 4 is 6.29 Å². The first kappa shape index (κ1) is 19.9. The molecule has 2 heteroatoms. The highest BCUT2D eigenvalue weighted by Gasteiger charge is 2.30. The van der Waals surface area contributed by atoms with E-state index in [-0.39, 0.29) is 17.4 Å². The molecule has 28 heavy (non-hydrogen) atoms. The van der Waals surface area contributed by atoms with Gasteiger partial charge in [0.25, 0.3) is 0 Å². The van der Waals surface area contributed by atoms with Crippen LogP contribution in [0.25, 0.3) is 0 Å². The molecule has 0 aliphatic heterocycles. The van der Waals surface area contributed by atoms with Crippen molar-refractivity contribution in [2.24, 2.45) is 0 Å². The molecule has 0 amide bonds. The van der Waals surface area contributed by atoms with Crippen LogP contribution < -0.4 is 4.74 Å². The summed E-state index contributed by atoms with van der Waals surface area (Å²) in [6.45, 7) is 8.93. The van der Waals surface area contributed by atoms with Crippen LogP contribution in [0, 0.1) is 0 Å². The van der Waals surface area contributed by atoms with Crippen molar-refractivity contribution in [3.8, 4) is 5.75 Å². The highest BCUT2D eigenvalue weighted by molar-refractivity contribution is 5.54. The number of aldehydes is 1. The van der Waals surface area contributed by atoms with Gasteiger partial charge in [-0.05, 0) is 22.8 Å². The fourth-order valence-electron chi connectivity index (χ4n) is 3.69. The van der Waals surface area contributed by atoms with Gasteiger partial charge in [0.1, 0.15) is 12.4 Å². The van der Waals surface area contributed by atoms with Crippen LogP contribution in [0.1, 0.15) is 49.9 Å². The summed E-state index contributed by atoms with van der Waals surface area (Å²) in [4.78, 5) is 10.9. The number of hydrogen-bond acceptors (Lipinski definition) is 2. The molecule has 0 saturated heterocycles. The molecule has 0 aromatic heterocycles. The molecule has 0 spiro atoms. The highest BCUT2D eigenvalue weighted by atomic mass is 16.5. The second-order valence-corrected chi connectivity index (χ2v) is 8.17. The van der Waals surface area contributed by atoms with Crippen molar-refractivity contribution in [1.29, 1.82) is 0 Å². The molecule has 0 atom stereocenters. The smallest absolute Gasteiger partial charge is 0.157 e. The molecule has 0 heterocycles. The molecule has 0 aliphatic rings. The Hall–Kier alpha value is -2.87. The fraction of sp³-hybridized carbons (Fsp3) is 0.269. The Morgan fingerprint density at radius 2 is 1.25 bits per heavy atom. The van der Waals surface area contributed by atoms with Gasteiger partial charge in [-0.1, -0.05) is 100 Å². The molecule has 0 radical (unpaired) electrons. The molecule has 0 unspecified atom stereocenters. The summed E-state index contributed by atoms with van der Waals surface area (Å²) in [5, 5.41) is 0. The number of hydrogen-bond donors (Lipinski definition) is 0. The minimum absolute atomic E-state index is 0.0549. The normalized spacial score (nSPS) is 11.9. The van der Waals surface area contributed by atoms with Crippen molar-refractivity contribution < 1.29 is 9.53 Å². The number of carbonyl (C=O) groups is 1. The average Bonchev–Trinajstić information content (AvgIpc) is 2.73. The zero-order chi connectivity index (χ0) is 20.2. The minimum atomic E-state index is -0.262. The average molecular weight is 373 g/mol. The number of rotatable bonds is 7. The zero-order valence-electron chi connectivity index (χ0n) is 17.1. The first-order chi connectivity index (χ1) is 13.4. The van der Waals surface area contributed by atoms with Crippen LogP contribution in [0.4, 0.5) is 0 Å². The summed E-state index contributed by atoms with van der Waals surface area (Å²) in [5.74, 6) is 0.758. The standard InChI is InChI=1S/C26H28O2/c1-25(2,20-11-7-5-8-12-20)22-15-16-24(28-18-17-27)23(19-22)26(3,4)21-13-9-6-10-14-21/h5-17,19H,18H2,1-4H3. The summed E-state index contributed by atoms with van der Waals surface area (Å²) in [7, 11) is 0. The maximum atomic E-state index is 10.9. The van der Waals surface area contributed by atoms with E-state index in [1.807, 2.05) is 18.2 Å². The minimum Gasteiger partial charge on any atom is -0.486 e. The molecule has 144 valence electrons. The van der Waals surface area contributed by atoms with Gasteiger partial charge >= 0.3 is 0 Å². The van der Waals surface area contributed by atoms with E-state index in [1.54, 1.807) is 0 Å². The number of benzene rings is 3. The lowest BCUT2D eigenvalue weighted by Crippen LogP contribution is -2.24. The van der Waals surface area contributed by atoms with Gasteiger partial charge in [-0.25, -0.2) is 0 Å². The van der Waals surface area contributed by atoms with E-state index in [4.69, 9.17) is 4.74 Å². The first-order valence-corrected chi connectivity index (χ1v) is 9.70. The van der Waals surface area contributed by atoms with Crippen LogP contribution in [0.5, 0.6) is 5.75 Å². The van der Waals surface area contributed by atoms with Gasteiger partial charge in [0, 0.05) is 16.4 Å². The van der Waals surface area contributed by atoms with Crippen LogP contribution in [-0.4, -0.2) is 12.9 Å². The van der Waals surface area contributed by atoms with Crippen LogP contribution in [0.2, 0.25) is 0 Å². The molecule has 0 bridgehead atoms. The molecular formula is C26H28O2. The molecule has 0 N–H and O–H groups in total. The monoisotopic (exact) mass is 372 g/mol. The lowest BCUT2D eigenvalue weighted by atomic mass is 9.73. The van der Waals surface area contributed by atoms with Gasteiger partial charge in [0.05, 0.1) is 0 Å². The Morgan fingerprint density at radius 3 is 1.79 bits per heavy atom. The van der Waals surface area contributed by atoms with Crippen LogP contribution in [0.15, 0.2) is 78.9 Å². The third-order valence-electron chi connectivity index (χ3n) is 5.67. The van der Waals surface area contributed by atoms with E-state index < -0.39 is 0 Å². The third kappa shape index (κ3) is 3.87. The van der Waals surface area contributed by atoms with Gasteiger partial charge < -0.3 is 4.74 Å². The topological polar surface area (TPSA) is 26.3 Å². The van der Waals surface area contributed by atoms with E-state index in [1.165, 1.54) is 16.7 Å². The second kappa shape index (κ2) is 8.02. The summed E-state index contributed by atoms with van der Waals surface area (Å²) in [6, 6.07) is 27.3. The summed E-state index contributed by atoms with van der Waals surface area (Å²) < 4.78 is 5.80. The van der Waals surface area contributed by atoms with Gasteiger partial charge in [-0.2, -0.15) is 0 Å². The molecule has 3 rings (SSSR count). The number of ether oxygens (including phenoxy) is 1. The van der Waals surface area contributed by atoms with Crippen LogP contribution >= 0.6 is 0 Å². The zero-order valence-corrected chi connectivity index (χ0v) is 17.1. The Morgan fingerprint density at radius 1 is 0.714 bits per heavy atom. The molecule has 2 nitrogen and oxygen atoms in total. The van der Waals surface area contributed by atoms with E-state index in [2.05, 4.69) is 88.4 Å². The van der Waals surface area contributed by atoms with Crippen molar-refractivity contribution in [1.82, 2.24) is 0 Å². The Balaban J connectivity index is 2.14. The third-order valence-corrected chi connectivity index (χ3v) is 5.67. The highest BCUT2D eigenvalue weighted by Crippen LogP contribution is 2.41. The van der Waals surface area contributed by atoms with Crippen molar-refractivity contribution in [2.75, 3.05) is 6.61 Å². The van der Waals surface area contributed by atoms with E-state index >= 15 is 0 Å². The fourth-order valence-corrected chi connectivity index (χ4v) is 3.69. The van der Waals surface area contributed by atoms with Crippen molar-refractivity contribution in [3.05, 3.63) is 101 Å². The van der Waals surface area contributed by atoms with Crippen molar-refractivity contribution in [2.45, 2.75) is 38.5 Å². The summed E-state index contributed by atoms with van der Waals surface area (Å²) >= 11 is 0. The van der Waals surface area contributed by atoms with Crippen LogP contribution in [-0.2, 0) is 15.6 Å². The lowest BCUT2D eigenvalue weighted by Gasteiger charge is -2.32. The Kier molecular flexibility index (Phi) is 5.69. The predicted octanol–water partition coefficient (Wildman–Crippen LogP) is 5.92. The van der Waals surface area contributed by atoms with Crippen LogP contribution in [0.3, 0.4) is 0 Å². The molecule has 3 aromatic carbocycles. The molecule has 0 saturated carbocycles. The molecular weight excluding hydrogens is 344 g/mol. The summed E-state index contributed by atoms with van der Waals surface area (Å²) in [6.07, 6.45) is 0.793. The van der Waals surface area contributed by atoms with Gasteiger partial charge in [-0.15, -0.1) is 0 Å². The van der Waals surface area contributed by atoms with Gasteiger partial charge in [-0.3, -0.25) is 4.79 Å². The first-order valence-electron chi connectivity index (χ1n) is 9.70. The van der Waals surface area contributed by atoms with Gasteiger partial charge in [0.15, 0.2) is 6.29 Å². The molecule has 0 aliphatic carbocycles. The van der Waals surface area contributed by atoms with E-state index in [0.717, 1.165) is 17.6 Å². The quantitative estimate of drug-likeness (QED) is 0.482. The summed E-state index contributed by atoms with van der Waals surface area (Å²) in [5.41, 5.74) is 4.37. The maximum absolute atomic E-state index is 10.9. The second-order valence-electron chi connectivity index (χ2n) is 8.17. The Bertz CT molecular complexity index is 925. The number of carbonyl (C=O) groups excluding carboxylic acids is 1. The largest absolute Gasteiger partial charge is 0.486 e. The Labute approximate surface area is 168 Å². The molecule has 0 fully saturated rings. The molecule has 3 aromatic rings. The van der Waals surface area contributed by atoms with E-state index in [9.17, 15) is 4.79 Å².